The van der Waals surface area contributed by atoms with Crippen molar-refractivity contribution in [2.75, 3.05) is 17.7 Å². The highest BCUT2D eigenvalue weighted by atomic mass is 32.2. The van der Waals surface area contributed by atoms with E-state index in [0.29, 0.717) is 5.71 Å². The molecule has 1 aliphatic rings. The molecule has 1 aromatic carbocycles. The normalized spacial score (nSPS) is 16.5. The number of nitrogens with zero attached hydrogens (tertiary/aromatic N) is 2. The van der Waals surface area contributed by atoms with Crippen molar-refractivity contribution in [1.29, 1.82) is 0 Å². The fraction of sp³-hybridized carbons (Fsp3) is 0.421. The first-order valence-electron chi connectivity index (χ1n) is 8.57. The van der Waals surface area contributed by atoms with E-state index in [1.54, 1.807) is 13.8 Å². The Morgan fingerprint density at radius 3 is 2.37 bits per heavy atom. The number of carbonyl (C=O) groups is 3. The Kier molecular flexibility index (Phi) is 6.90. The molecule has 1 aliphatic heterocycles. The SMILES string of the molecule is CCOC(=O)C1C(C)=NC(=O)N=C1SCC(=O)Nc1c(C)cc(C)cc1C. The molecule has 0 saturated carbocycles. The third-order valence-electron chi connectivity index (χ3n) is 3.96. The summed E-state index contributed by atoms with van der Waals surface area (Å²) in [6.07, 6.45) is 0. The molecule has 144 valence electrons. The van der Waals surface area contributed by atoms with E-state index < -0.39 is 17.9 Å². The maximum absolute atomic E-state index is 12.4. The number of thioether (sulfide) groups is 1. The highest BCUT2D eigenvalue weighted by Gasteiger charge is 2.33. The number of carbonyl (C=O) groups excluding carboxylic acids is 3. The summed E-state index contributed by atoms with van der Waals surface area (Å²) in [6, 6.07) is 3.31. The van der Waals surface area contributed by atoms with Crippen LogP contribution in [-0.4, -0.2) is 41.0 Å². The van der Waals surface area contributed by atoms with Gasteiger partial charge in [0.05, 0.1) is 17.4 Å². The maximum Gasteiger partial charge on any atom is 0.367 e. The number of hydrogen-bond acceptors (Lipinski definition) is 5. The van der Waals surface area contributed by atoms with Crippen LogP contribution in [0.5, 0.6) is 0 Å². The molecule has 0 aliphatic carbocycles. The van der Waals surface area contributed by atoms with Crippen molar-refractivity contribution < 1.29 is 19.1 Å². The number of aryl methyl sites for hydroxylation is 3. The number of esters is 1. The molecule has 7 nitrogen and oxygen atoms in total. The molecule has 0 radical (unpaired) electrons. The smallest absolute Gasteiger partial charge is 0.367 e. The quantitative estimate of drug-likeness (QED) is 0.778. The van der Waals surface area contributed by atoms with Gasteiger partial charge in [-0.25, -0.2) is 4.79 Å². The first kappa shape index (κ1) is 20.8. The van der Waals surface area contributed by atoms with Gasteiger partial charge in [0, 0.05) is 11.4 Å². The van der Waals surface area contributed by atoms with Crippen molar-refractivity contribution in [3.63, 3.8) is 0 Å². The van der Waals surface area contributed by atoms with Gasteiger partial charge >= 0.3 is 12.0 Å². The maximum atomic E-state index is 12.4. The second-order valence-electron chi connectivity index (χ2n) is 6.28. The molecule has 0 spiro atoms. The second-order valence-corrected chi connectivity index (χ2v) is 7.28. The molecule has 0 bridgehead atoms. The minimum atomic E-state index is -0.844. The molecule has 0 saturated heterocycles. The largest absolute Gasteiger partial charge is 0.465 e. The lowest BCUT2D eigenvalue weighted by atomic mass is 10.1. The van der Waals surface area contributed by atoms with Crippen LogP contribution in [0.2, 0.25) is 0 Å². The predicted molar refractivity (Wildman–Crippen MR) is 108 cm³/mol. The molecule has 1 heterocycles. The summed E-state index contributed by atoms with van der Waals surface area (Å²) in [5.74, 6) is -1.60. The van der Waals surface area contributed by atoms with Gasteiger partial charge < -0.3 is 10.1 Å². The summed E-state index contributed by atoms with van der Waals surface area (Å²) in [6.45, 7) is 9.35. The Morgan fingerprint density at radius 1 is 1.15 bits per heavy atom. The third kappa shape index (κ3) is 5.26. The number of rotatable bonds is 5. The number of ether oxygens (including phenoxy) is 1. The van der Waals surface area contributed by atoms with Gasteiger partial charge in [0.25, 0.3) is 0 Å². The first-order valence-corrected chi connectivity index (χ1v) is 9.56. The molecule has 1 aromatic rings. The predicted octanol–water partition coefficient (Wildman–Crippen LogP) is 3.46. The third-order valence-corrected chi connectivity index (χ3v) is 4.99. The van der Waals surface area contributed by atoms with Crippen LogP contribution in [0, 0.1) is 26.7 Å². The second kappa shape index (κ2) is 8.94. The monoisotopic (exact) mass is 389 g/mol. The number of aliphatic imine (C=N–C) groups is 2. The van der Waals surface area contributed by atoms with E-state index in [2.05, 4.69) is 15.3 Å². The Hall–Kier alpha value is -2.48. The Labute approximate surface area is 162 Å². The van der Waals surface area contributed by atoms with E-state index in [0.717, 1.165) is 34.1 Å². The van der Waals surface area contributed by atoms with Gasteiger partial charge in [0.1, 0.15) is 5.92 Å². The van der Waals surface area contributed by atoms with Crippen LogP contribution in [0.25, 0.3) is 0 Å². The Balaban J connectivity index is 2.08. The lowest BCUT2D eigenvalue weighted by Crippen LogP contribution is -2.34. The molecular formula is C19H23N3O4S. The summed E-state index contributed by atoms with van der Waals surface area (Å²) < 4.78 is 5.04. The van der Waals surface area contributed by atoms with E-state index in [1.165, 1.54) is 0 Å². The topological polar surface area (TPSA) is 97.2 Å². The molecule has 3 amide bonds. The minimum Gasteiger partial charge on any atom is -0.465 e. The Bertz CT molecular complexity index is 822. The summed E-state index contributed by atoms with van der Waals surface area (Å²) in [4.78, 5) is 43.7. The van der Waals surface area contributed by atoms with Crippen molar-refractivity contribution >= 4 is 46.1 Å². The highest BCUT2D eigenvalue weighted by Crippen LogP contribution is 2.24. The van der Waals surface area contributed by atoms with Crippen molar-refractivity contribution in [2.45, 2.75) is 34.6 Å². The first-order chi connectivity index (χ1) is 12.7. The summed E-state index contributed by atoms with van der Waals surface area (Å²) in [7, 11) is 0. The number of hydrogen-bond donors (Lipinski definition) is 1. The number of amides is 3. The van der Waals surface area contributed by atoms with Gasteiger partial charge in [-0.1, -0.05) is 29.5 Å². The van der Waals surface area contributed by atoms with Crippen LogP contribution < -0.4 is 5.32 Å². The lowest BCUT2D eigenvalue weighted by Gasteiger charge is -2.19. The molecule has 1 unspecified atom stereocenters. The van der Waals surface area contributed by atoms with Gasteiger partial charge in [-0.15, -0.1) is 0 Å². The van der Waals surface area contributed by atoms with E-state index in [-0.39, 0.29) is 23.3 Å². The average molecular weight is 389 g/mol. The van der Waals surface area contributed by atoms with Crippen LogP contribution in [-0.2, 0) is 14.3 Å². The molecule has 8 heteroatoms. The average Bonchev–Trinajstić information content (AvgIpc) is 2.55. The molecule has 1 atom stereocenters. The van der Waals surface area contributed by atoms with Gasteiger partial charge in [-0.05, 0) is 45.7 Å². The summed E-state index contributed by atoms with van der Waals surface area (Å²) in [5, 5.41) is 3.13. The van der Waals surface area contributed by atoms with Crippen molar-refractivity contribution in [3.05, 3.63) is 28.8 Å². The van der Waals surface area contributed by atoms with Crippen LogP contribution in [0.15, 0.2) is 22.1 Å². The number of benzene rings is 1. The molecule has 0 fully saturated rings. The van der Waals surface area contributed by atoms with E-state index in [4.69, 9.17) is 4.74 Å². The minimum absolute atomic E-state index is 0.0159. The molecule has 1 N–H and O–H groups in total. The lowest BCUT2D eigenvalue weighted by molar-refractivity contribution is -0.143. The van der Waals surface area contributed by atoms with Crippen molar-refractivity contribution in [3.8, 4) is 0 Å². The summed E-state index contributed by atoms with van der Waals surface area (Å²) >= 11 is 1.04. The van der Waals surface area contributed by atoms with Crippen LogP contribution >= 0.6 is 11.8 Å². The van der Waals surface area contributed by atoms with Gasteiger partial charge in [-0.2, -0.15) is 9.98 Å². The molecule has 2 rings (SSSR count). The van der Waals surface area contributed by atoms with Gasteiger partial charge in [0.15, 0.2) is 0 Å². The summed E-state index contributed by atoms with van der Waals surface area (Å²) in [5.41, 5.74) is 4.17. The van der Waals surface area contributed by atoms with E-state index >= 15 is 0 Å². The highest BCUT2D eigenvalue weighted by molar-refractivity contribution is 8.14. The molecule has 0 aromatic heterocycles. The zero-order valence-corrected chi connectivity index (χ0v) is 16.9. The number of urea groups is 1. The van der Waals surface area contributed by atoms with Crippen LogP contribution in [0.3, 0.4) is 0 Å². The number of anilines is 1. The molecular weight excluding hydrogens is 366 g/mol. The van der Waals surface area contributed by atoms with Crippen molar-refractivity contribution in [2.24, 2.45) is 15.9 Å². The molecule has 27 heavy (non-hydrogen) atoms. The zero-order valence-electron chi connectivity index (χ0n) is 16.1. The van der Waals surface area contributed by atoms with Crippen LogP contribution in [0.4, 0.5) is 10.5 Å². The fourth-order valence-electron chi connectivity index (χ4n) is 2.88. The fourth-order valence-corrected chi connectivity index (χ4v) is 3.81. The standard InChI is InChI=1S/C19H23N3O4S/c1-6-26-18(24)15-13(5)20-19(25)22-17(15)27-9-14(23)21-16-11(3)7-10(2)8-12(16)4/h7-8,15H,6,9H2,1-5H3,(H,21,23). The van der Waals surface area contributed by atoms with E-state index in [1.807, 2.05) is 32.9 Å². The van der Waals surface area contributed by atoms with Gasteiger partial charge in [0.2, 0.25) is 5.91 Å². The van der Waals surface area contributed by atoms with Crippen LogP contribution in [0.1, 0.15) is 30.5 Å². The van der Waals surface area contributed by atoms with Gasteiger partial charge in [-0.3, -0.25) is 9.59 Å². The Morgan fingerprint density at radius 2 is 1.78 bits per heavy atom. The zero-order chi connectivity index (χ0) is 20.1. The van der Waals surface area contributed by atoms with E-state index in [9.17, 15) is 14.4 Å². The number of nitrogens with one attached hydrogen (secondary N) is 1. The van der Waals surface area contributed by atoms with Crippen molar-refractivity contribution in [1.82, 2.24) is 0 Å².